The molecule has 2 rings (SSSR count). The lowest BCUT2D eigenvalue weighted by Gasteiger charge is -2.17. The summed E-state index contributed by atoms with van der Waals surface area (Å²) in [6.07, 6.45) is 0. The lowest BCUT2D eigenvalue weighted by Crippen LogP contribution is -2.26. The van der Waals surface area contributed by atoms with Crippen molar-refractivity contribution in [1.29, 1.82) is 0 Å². The van der Waals surface area contributed by atoms with Crippen LogP contribution in [-0.4, -0.2) is 34.0 Å². The van der Waals surface area contributed by atoms with Gasteiger partial charge in [0.25, 0.3) is 11.7 Å². The minimum Gasteiger partial charge on any atom is -0.345 e. The highest BCUT2D eigenvalue weighted by molar-refractivity contribution is 5.90. The number of aromatic nitrogens is 2. The number of carbonyl (C=O) groups excluding carboxylic acids is 1. The number of carbonyl (C=O) groups is 1. The molecule has 0 unspecified atom stereocenters. The van der Waals surface area contributed by atoms with E-state index in [-0.39, 0.29) is 18.2 Å². The first-order valence-corrected chi connectivity index (χ1v) is 7.01. The molecular weight excluding hydrogens is 287 g/mol. The van der Waals surface area contributed by atoms with E-state index in [2.05, 4.69) is 15.5 Å². The van der Waals surface area contributed by atoms with E-state index in [0.717, 1.165) is 5.56 Å². The van der Waals surface area contributed by atoms with Gasteiger partial charge >= 0.3 is 0 Å². The molecular formula is C15H19FN4O2. The molecule has 0 aliphatic carbocycles. The van der Waals surface area contributed by atoms with E-state index in [1.54, 1.807) is 12.1 Å². The molecule has 6 nitrogen and oxygen atoms in total. The van der Waals surface area contributed by atoms with Crippen molar-refractivity contribution >= 4 is 5.91 Å². The zero-order valence-electron chi connectivity index (χ0n) is 12.8. The van der Waals surface area contributed by atoms with E-state index < -0.39 is 5.91 Å². The van der Waals surface area contributed by atoms with Crippen LogP contribution in [0.2, 0.25) is 0 Å². The Morgan fingerprint density at radius 1 is 1.36 bits per heavy atom. The average molecular weight is 306 g/mol. The van der Waals surface area contributed by atoms with E-state index >= 15 is 0 Å². The fraction of sp³-hybridized carbons (Fsp3) is 0.400. The van der Waals surface area contributed by atoms with E-state index in [4.69, 9.17) is 4.52 Å². The number of nitrogens with zero attached hydrogens (tertiary/aromatic N) is 3. The van der Waals surface area contributed by atoms with E-state index in [1.165, 1.54) is 12.1 Å². The van der Waals surface area contributed by atoms with Gasteiger partial charge in [-0.05, 0) is 38.6 Å². The summed E-state index contributed by atoms with van der Waals surface area (Å²) in [5.74, 6) is -0.351. The van der Waals surface area contributed by atoms with Crippen molar-refractivity contribution in [3.63, 3.8) is 0 Å². The van der Waals surface area contributed by atoms with Crippen LogP contribution in [0.25, 0.3) is 0 Å². The fourth-order valence-corrected chi connectivity index (χ4v) is 1.67. The largest absolute Gasteiger partial charge is 0.345 e. The van der Waals surface area contributed by atoms with E-state index in [1.807, 2.05) is 25.8 Å². The summed E-state index contributed by atoms with van der Waals surface area (Å²) < 4.78 is 17.9. The Morgan fingerprint density at radius 2 is 2.05 bits per heavy atom. The molecule has 118 valence electrons. The smallest absolute Gasteiger partial charge is 0.292 e. The van der Waals surface area contributed by atoms with Crippen LogP contribution in [0.3, 0.4) is 0 Å². The van der Waals surface area contributed by atoms with Crippen molar-refractivity contribution in [2.45, 2.75) is 33.0 Å². The molecule has 0 fully saturated rings. The SMILES string of the molecule is CC(C)N(C)Cc1nc(C(=O)NCc2ccc(F)cc2)no1. The van der Waals surface area contributed by atoms with Gasteiger partial charge in [-0.3, -0.25) is 9.69 Å². The van der Waals surface area contributed by atoms with Crippen LogP contribution in [0, 0.1) is 5.82 Å². The molecule has 0 aliphatic heterocycles. The number of nitrogens with one attached hydrogen (secondary N) is 1. The Kier molecular flexibility index (Phi) is 5.21. The topological polar surface area (TPSA) is 71.3 Å². The number of hydrogen-bond donors (Lipinski definition) is 1. The van der Waals surface area contributed by atoms with Crippen molar-refractivity contribution in [2.75, 3.05) is 7.05 Å². The zero-order valence-corrected chi connectivity index (χ0v) is 12.8. The summed E-state index contributed by atoms with van der Waals surface area (Å²) in [5, 5.41) is 6.33. The molecule has 1 N–H and O–H groups in total. The van der Waals surface area contributed by atoms with Crippen LogP contribution in [0.15, 0.2) is 28.8 Å². The third-order valence-electron chi connectivity index (χ3n) is 3.30. The van der Waals surface area contributed by atoms with Crippen LogP contribution < -0.4 is 5.32 Å². The first kappa shape index (κ1) is 16.1. The number of benzene rings is 1. The highest BCUT2D eigenvalue weighted by atomic mass is 19.1. The molecule has 1 amide bonds. The molecule has 1 heterocycles. The monoisotopic (exact) mass is 306 g/mol. The van der Waals surface area contributed by atoms with Crippen molar-refractivity contribution in [1.82, 2.24) is 20.4 Å². The first-order chi connectivity index (χ1) is 10.5. The minimum absolute atomic E-state index is 0.00531. The Balaban J connectivity index is 1.90. The van der Waals surface area contributed by atoms with E-state index in [0.29, 0.717) is 18.5 Å². The maximum Gasteiger partial charge on any atom is 0.292 e. The zero-order chi connectivity index (χ0) is 16.1. The minimum atomic E-state index is -0.425. The maximum atomic E-state index is 12.8. The summed E-state index contributed by atoms with van der Waals surface area (Å²) in [6.45, 7) is 4.85. The summed E-state index contributed by atoms with van der Waals surface area (Å²) in [6, 6.07) is 6.23. The molecule has 7 heteroatoms. The number of rotatable bonds is 6. The second-order valence-corrected chi connectivity index (χ2v) is 5.33. The van der Waals surface area contributed by atoms with Gasteiger partial charge in [0.1, 0.15) is 5.82 Å². The Bertz CT molecular complexity index is 625. The van der Waals surface area contributed by atoms with Crippen LogP contribution >= 0.6 is 0 Å². The van der Waals surface area contributed by atoms with Gasteiger partial charge in [0.05, 0.1) is 6.54 Å². The van der Waals surface area contributed by atoms with Gasteiger partial charge in [0.2, 0.25) is 5.89 Å². The molecule has 0 bridgehead atoms. The molecule has 0 saturated heterocycles. The van der Waals surface area contributed by atoms with E-state index in [9.17, 15) is 9.18 Å². The predicted molar refractivity (Wildman–Crippen MR) is 78.5 cm³/mol. The van der Waals surface area contributed by atoms with Crippen LogP contribution in [-0.2, 0) is 13.1 Å². The molecule has 0 aliphatic rings. The second kappa shape index (κ2) is 7.13. The third kappa shape index (κ3) is 4.36. The van der Waals surface area contributed by atoms with Gasteiger partial charge in [-0.2, -0.15) is 4.98 Å². The number of amides is 1. The summed E-state index contributed by atoms with van der Waals surface area (Å²) >= 11 is 0. The lowest BCUT2D eigenvalue weighted by atomic mass is 10.2. The second-order valence-electron chi connectivity index (χ2n) is 5.33. The normalized spacial score (nSPS) is 11.2. The van der Waals surface area contributed by atoms with Crippen molar-refractivity contribution < 1.29 is 13.7 Å². The predicted octanol–water partition coefficient (Wildman–Crippen LogP) is 1.98. The van der Waals surface area contributed by atoms with Crippen molar-refractivity contribution in [3.05, 3.63) is 47.4 Å². The molecule has 2 aromatic rings. The van der Waals surface area contributed by atoms with Gasteiger partial charge in [-0.1, -0.05) is 17.3 Å². The Morgan fingerprint density at radius 3 is 2.68 bits per heavy atom. The van der Waals surface area contributed by atoms with Crippen LogP contribution in [0.1, 0.15) is 35.9 Å². The summed E-state index contributed by atoms with van der Waals surface area (Å²) in [4.78, 5) is 18.0. The maximum absolute atomic E-state index is 12.8. The van der Waals surface area contributed by atoms with Gasteiger partial charge in [-0.25, -0.2) is 4.39 Å². The fourth-order valence-electron chi connectivity index (χ4n) is 1.67. The quantitative estimate of drug-likeness (QED) is 0.883. The highest BCUT2D eigenvalue weighted by Gasteiger charge is 2.16. The van der Waals surface area contributed by atoms with Crippen molar-refractivity contribution in [3.8, 4) is 0 Å². The Labute approximate surface area is 128 Å². The van der Waals surface area contributed by atoms with Gasteiger partial charge < -0.3 is 9.84 Å². The number of hydrogen-bond acceptors (Lipinski definition) is 5. The lowest BCUT2D eigenvalue weighted by molar-refractivity contribution is 0.0937. The van der Waals surface area contributed by atoms with Crippen LogP contribution in [0.4, 0.5) is 4.39 Å². The summed E-state index contributed by atoms with van der Waals surface area (Å²) in [5.41, 5.74) is 0.790. The van der Waals surface area contributed by atoms with Crippen LogP contribution in [0.5, 0.6) is 0 Å². The first-order valence-electron chi connectivity index (χ1n) is 7.01. The Hall–Kier alpha value is -2.28. The summed E-state index contributed by atoms with van der Waals surface area (Å²) in [7, 11) is 1.93. The number of halogens is 1. The van der Waals surface area contributed by atoms with Gasteiger partial charge in [0.15, 0.2) is 0 Å². The van der Waals surface area contributed by atoms with Gasteiger partial charge in [0, 0.05) is 12.6 Å². The molecule has 0 spiro atoms. The van der Waals surface area contributed by atoms with Gasteiger partial charge in [-0.15, -0.1) is 0 Å². The third-order valence-corrected chi connectivity index (χ3v) is 3.30. The molecule has 0 atom stereocenters. The molecule has 0 radical (unpaired) electrons. The standard InChI is InChI=1S/C15H19FN4O2/c1-10(2)20(3)9-13-18-14(19-22-13)15(21)17-8-11-4-6-12(16)7-5-11/h4-7,10H,8-9H2,1-3H3,(H,17,21). The molecule has 1 aromatic heterocycles. The molecule has 22 heavy (non-hydrogen) atoms. The highest BCUT2D eigenvalue weighted by Crippen LogP contribution is 2.05. The average Bonchev–Trinajstić information content (AvgIpc) is 2.95. The molecule has 1 aromatic carbocycles. The molecule has 0 saturated carbocycles. The van der Waals surface area contributed by atoms with Crippen molar-refractivity contribution in [2.24, 2.45) is 0 Å².